The van der Waals surface area contributed by atoms with Crippen LogP contribution in [0.2, 0.25) is 10.3 Å². The third-order valence-electron chi connectivity index (χ3n) is 2.43. The van der Waals surface area contributed by atoms with Crippen molar-refractivity contribution in [3.63, 3.8) is 0 Å². The summed E-state index contributed by atoms with van der Waals surface area (Å²) in [4.78, 5) is 15.9. The number of aryl methyl sites for hydroxylation is 1. The van der Waals surface area contributed by atoms with Crippen LogP contribution in [0, 0.1) is 6.92 Å². The fraction of sp³-hybridized carbons (Fsp3) is 0.0769. The molecule has 0 radical (unpaired) electrons. The van der Waals surface area contributed by atoms with Crippen molar-refractivity contribution in [1.29, 1.82) is 0 Å². The van der Waals surface area contributed by atoms with Gasteiger partial charge in [0.2, 0.25) is 0 Å². The number of aromatic nitrogens is 1. The van der Waals surface area contributed by atoms with Crippen LogP contribution in [0.5, 0.6) is 0 Å². The Balaban J connectivity index is 2.25. The average molecular weight is 360 g/mol. The normalized spacial score (nSPS) is 10.3. The number of rotatable bonds is 2. The lowest BCUT2D eigenvalue weighted by Crippen LogP contribution is -2.13. The van der Waals surface area contributed by atoms with Gasteiger partial charge in [-0.2, -0.15) is 0 Å². The zero-order chi connectivity index (χ0) is 14.0. The first-order chi connectivity index (χ1) is 8.97. The molecule has 98 valence electrons. The molecule has 0 aliphatic rings. The van der Waals surface area contributed by atoms with E-state index >= 15 is 0 Å². The zero-order valence-corrected chi connectivity index (χ0v) is 13.0. The number of benzene rings is 1. The highest BCUT2D eigenvalue weighted by Gasteiger charge is 2.13. The van der Waals surface area contributed by atoms with Crippen molar-refractivity contribution in [2.24, 2.45) is 0 Å². The third-order valence-corrected chi connectivity index (χ3v) is 3.59. The van der Waals surface area contributed by atoms with Gasteiger partial charge in [-0.05, 0) is 52.7 Å². The highest BCUT2D eigenvalue weighted by molar-refractivity contribution is 9.10. The summed E-state index contributed by atoms with van der Waals surface area (Å²) < 4.78 is 0.805. The van der Waals surface area contributed by atoms with Crippen LogP contribution in [0.25, 0.3) is 0 Å². The monoisotopic (exact) mass is 358 g/mol. The largest absolute Gasteiger partial charge is 0.321 e. The van der Waals surface area contributed by atoms with Crippen molar-refractivity contribution >= 4 is 50.7 Å². The lowest BCUT2D eigenvalue weighted by Gasteiger charge is -2.09. The maximum atomic E-state index is 12.1. The van der Waals surface area contributed by atoms with Crippen LogP contribution in [0.1, 0.15) is 15.9 Å². The first-order valence-electron chi connectivity index (χ1n) is 5.37. The molecule has 1 aromatic heterocycles. The lowest BCUT2D eigenvalue weighted by atomic mass is 10.2. The predicted octanol–water partition coefficient (Wildman–Crippen LogP) is 4.71. The molecular formula is C13H9BrCl2N2O. The molecule has 0 saturated carbocycles. The van der Waals surface area contributed by atoms with Gasteiger partial charge in [-0.25, -0.2) is 4.98 Å². The van der Waals surface area contributed by atoms with Gasteiger partial charge >= 0.3 is 0 Å². The van der Waals surface area contributed by atoms with E-state index < -0.39 is 0 Å². The smallest absolute Gasteiger partial charge is 0.258 e. The van der Waals surface area contributed by atoms with Gasteiger partial charge in [-0.1, -0.05) is 29.3 Å². The number of amides is 1. The maximum Gasteiger partial charge on any atom is 0.258 e. The van der Waals surface area contributed by atoms with Crippen molar-refractivity contribution in [1.82, 2.24) is 4.98 Å². The Kier molecular flexibility index (Phi) is 4.45. The molecule has 2 aromatic rings. The topological polar surface area (TPSA) is 42.0 Å². The second kappa shape index (κ2) is 5.90. The molecule has 0 bridgehead atoms. The third kappa shape index (κ3) is 3.47. The van der Waals surface area contributed by atoms with Gasteiger partial charge in [0.1, 0.15) is 10.3 Å². The Labute approximate surface area is 129 Å². The summed E-state index contributed by atoms with van der Waals surface area (Å²) in [6.07, 6.45) is 0. The van der Waals surface area contributed by atoms with Crippen LogP contribution >= 0.6 is 39.1 Å². The standard InChI is InChI=1S/C13H9BrCl2N2O/c1-7-2-4-10(9(14)6-7)17-13(19)8-3-5-11(15)18-12(8)16/h2-6H,1H3,(H,17,19). The predicted molar refractivity (Wildman–Crippen MR) is 81.1 cm³/mol. The van der Waals surface area contributed by atoms with E-state index in [2.05, 4.69) is 26.2 Å². The van der Waals surface area contributed by atoms with E-state index in [0.29, 0.717) is 5.69 Å². The molecule has 3 nitrogen and oxygen atoms in total. The van der Waals surface area contributed by atoms with E-state index in [1.54, 1.807) is 0 Å². The Morgan fingerprint density at radius 2 is 2.00 bits per heavy atom. The quantitative estimate of drug-likeness (QED) is 0.789. The van der Waals surface area contributed by atoms with E-state index in [-0.39, 0.29) is 21.8 Å². The number of carbonyl (C=O) groups is 1. The molecule has 0 spiro atoms. The summed E-state index contributed by atoms with van der Waals surface area (Å²) >= 11 is 15.0. The van der Waals surface area contributed by atoms with E-state index in [1.807, 2.05) is 25.1 Å². The van der Waals surface area contributed by atoms with Crippen molar-refractivity contribution in [2.75, 3.05) is 5.32 Å². The number of hydrogen-bond donors (Lipinski definition) is 1. The number of nitrogens with zero attached hydrogens (tertiary/aromatic N) is 1. The first-order valence-corrected chi connectivity index (χ1v) is 6.92. The van der Waals surface area contributed by atoms with Crippen LogP contribution in [-0.4, -0.2) is 10.9 Å². The molecule has 0 saturated heterocycles. The summed E-state index contributed by atoms with van der Waals surface area (Å²) in [7, 11) is 0. The number of pyridine rings is 1. The maximum absolute atomic E-state index is 12.1. The van der Waals surface area contributed by atoms with Gasteiger partial charge in [0.05, 0.1) is 11.3 Å². The fourth-order valence-electron chi connectivity index (χ4n) is 1.49. The van der Waals surface area contributed by atoms with Crippen LogP contribution < -0.4 is 5.32 Å². The highest BCUT2D eigenvalue weighted by atomic mass is 79.9. The van der Waals surface area contributed by atoms with Crippen LogP contribution in [-0.2, 0) is 0 Å². The van der Waals surface area contributed by atoms with Gasteiger partial charge in [0.25, 0.3) is 5.91 Å². The van der Waals surface area contributed by atoms with Gasteiger partial charge in [-0.15, -0.1) is 0 Å². The molecular weight excluding hydrogens is 351 g/mol. The van der Waals surface area contributed by atoms with Gasteiger partial charge < -0.3 is 5.32 Å². The molecule has 2 rings (SSSR count). The molecule has 1 aromatic carbocycles. The Hall–Kier alpha value is -1.10. The summed E-state index contributed by atoms with van der Waals surface area (Å²) in [5.41, 5.74) is 2.04. The van der Waals surface area contributed by atoms with Crippen molar-refractivity contribution in [2.45, 2.75) is 6.92 Å². The minimum atomic E-state index is -0.335. The lowest BCUT2D eigenvalue weighted by molar-refractivity contribution is 0.102. The summed E-state index contributed by atoms with van der Waals surface area (Å²) in [5.74, 6) is -0.335. The van der Waals surface area contributed by atoms with Crippen LogP contribution in [0.3, 0.4) is 0 Å². The van der Waals surface area contributed by atoms with Gasteiger partial charge in [-0.3, -0.25) is 4.79 Å². The average Bonchev–Trinajstić information content (AvgIpc) is 2.32. The number of anilines is 1. The highest BCUT2D eigenvalue weighted by Crippen LogP contribution is 2.25. The molecule has 6 heteroatoms. The van der Waals surface area contributed by atoms with Crippen molar-refractivity contribution in [3.8, 4) is 0 Å². The second-order valence-corrected chi connectivity index (χ2v) is 5.51. The van der Waals surface area contributed by atoms with E-state index in [9.17, 15) is 4.79 Å². The molecule has 1 heterocycles. The van der Waals surface area contributed by atoms with Crippen LogP contribution in [0.15, 0.2) is 34.8 Å². The SMILES string of the molecule is Cc1ccc(NC(=O)c2ccc(Cl)nc2Cl)c(Br)c1. The number of nitrogens with one attached hydrogen (secondary N) is 1. The van der Waals surface area contributed by atoms with E-state index in [4.69, 9.17) is 23.2 Å². The molecule has 0 aliphatic heterocycles. The van der Waals surface area contributed by atoms with Gasteiger partial charge in [0, 0.05) is 4.47 Å². The van der Waals surface area contributed by atoms with E-state index in [1.165, 1.54) is 12.1 Å². The van der Waals surface area contributed by atoms with E-state index in [0.717, 1.165) is 10.0 Å². The summed E-state index contributed by atoms with van der Waals surface area (Å²) in [5, 5.41) is 3.09. The Bertz CT molecular complexity index is 647. The van der Waals surface area contributed by atoms with Crippen molar-refractivity contribution < 1.29 is 4.79 Å². The number of hydrogen-bond acceptors (Lipinski definition) is 2. The molecule has 1 N–H and O–H groups in total. The summed E-state index contributed by atoms with van der Waals surface area (Å²) in [6.45, 7) is 1.97. The molecule has 0 unspecified atom stereocenters. The first kappa shape index (κ1) is 14.3. The molecule has 19 heavy (non-hydrogen) atoms. The summed E-state index contributed by atoms with van der Waals surface area (Å²) in [6, 6.07) is 8.69. The van der Waals surface area contributed by atoms with Crippen molar-refractivity contribution in [3.05, 3.63) is 56.2 Å². The fourth-order valence-corrected chi connectivity index (χ4v) is 2.52. The number of halogens is 3. The Morgan fingerprint density at radius 1 is 1.26 bits per heavy atom. The molecule has 1 amide bonds. The van der Waals surface area contributed by atoms with Gasteiger partial charge in [0.15, 0.2) is 0 Å². The molecule has 0 aliphatic carbocycles. The Morgan fingerprint density at radius 3 is 2.63 bits per heavy atom. The van der Waals surface area contributed by atoms with Crippen LogP contribution in [0.4, 0.5) is 5.69 Å². The zero-order valence-electron chi connectivity index (χ0n) is 9.88. The molecule has 0 fully saturated rings. The minimum Gasteiger partial charge on any atom is -0.321 e. The number of carbonyl (C=O) groups excluding carboxylic acids is 1. The molecule has 0 atom stereocenters. The second-order valence-electron chi connectivity index (χ2n) is 3.91. The minimum absolute atomic E-state index is 0.0771.